The first-order chi connectivity index (χ1) is 14.6. The molecule has 0 radical (unpaired) electrons. The molecule has 164 valence electrons. The highest BCUT2D eigenvalue weighted by Crippen LogP contribution is 2.23. The molecule has 0 fully saturated rings. The molecule has 0 amide bonds. The van der Waals surface area contributed by atoms with Gasteiger partial charge in [-0.3, -0.25) is 0 Å². The third kappa shape index (κ3) is 7.48. The summed E-state index contributed by atoms with van der Waals surface area (Å²) in [7, 11) is 6.37. The number of carbonyl (C=O) groups excluding carboxylic acids is 1. The van der Waals surface area contributed by atoms with Crippen LogP contribution in [0.25, 0.3) is 0 Å². The van der Waals surface area contributed by atoms with Crippen molar-refractivity contribution in [3.63, 3.8) is 0 Å². The Morgan fingerprint density at radius 1 is 0.733 bits per heavy atom. The lowest BCUT2D eigenvalue weighted by molar-refractivity contribution is 0.0497. The van der Waals surface area contributed by atoms with Crippen LogP contribution in [0.15, 0.2) is 36.4 Å². The summed E-state index contributed by atoms with van der Waals surface area (Å²) in [6, 6.07) is 10.8. The predicted octanol–water partition coefficient (Wildman–Crippen LogP) is 3.84. The van der Waals surface area contributed by atoms with Gasteiger partial charge in [0.2, 0.25) is 0 Å². The molecule has 0 aliphatic carbocycles. The van der Waals surface area contributed by atoms with E-state index in [9.17, 15) is 4.79 Å². The summed E-state index contributed by atoms with van der Waals surface area (Å²) >= 11 is 0. The fourth-order valence-electron chi connectivity index (χ4n) is 2.90. The van der Waals surface area contributed by atoms with Crippen molar-refractivity contribution in [1.29, 1.82) is 0 Å². The summed E-state index contributed by atoms with van der Waals surface area (Å²) in [6.45, 7) is 1.99. The first-order valence-corrected chi connectivity index (χ1v) is 9.92. The summed E-state index contributed by atoms with van der Waals surface area (Å²) in [5, 5.41) is 3.41. The number of unbranched alkanes of at least 4 members (excludes halogenated alkanes) is 2. The quantitative estimate of drug-likeness (QED) is 0.392. The number of hydrogen-bond donors (Lipinski definition) is 1. The normalized spacial score (nSPS) is 10.4. The van der Waals surface area contributed by atoms with Crippen LogP contribution >= 0.6 is 0 Å². The van der Waals surface area contributed by atoms with Crippen LogP contribution in [0.1, 0.15) is 35.2 Å². The lowest BCUT2D eigenvalue weighted by atomic mass is 10.2. The molecule has 0 atom stereocenters. The minimum atomic E-state index is -0.378. The van der Waals surface area contributed by atoms with Crippen LogP contribution in [-0.2, 0) is 11.3 Å². The fourth-order valence-corrected chi connectivity index (χ4v) is 2.90. The number of benzene rings is 2. The number of methoxy groups -OCH3 is 4. The van der Waals surface area contributed by atoms with E-state index in [1.165, 1.54) is 0 Å². The topological polar surface area (TPSA) is 75.3 Å². The molecule has 30 heavy (non-hydrogen) atoms. The number of ether oxygens (including phenoxy) is 5. The Kier molecular flexibility index (Phi) is 9.80. The van der Waals surface area contributed by atoms with Crippen molar-refractivity contribution in [2.75, 3.05) is 41.6 Å². The third-order valence-corrected chi connectivity index (χ3v) is 4.56. The van der Waals surface area contributed by atoms with Crippen LogP contribution in [-0.4, -0.2) is 47.6 Å². The summed E-state index contributed by atoms with van der Waals surface area (Å²) in [5.41, 5.74) is 1.52. The minimum Gasteiger partial charge on any atom is -0.497 e. The molecule has 0 spiro atoms. The van der Waals surface area contributed by atoms with E-state index >= 15 is 0 Å². The lowest BCUT2D eigenvalue weighted by Gasteiger charge is -2.10. The van der Waals surface area contributed by atoms with E-state index in [0.717, 1.165) is 49.4 Å². The Bertz CT molecular complexity index is 764. The molecule has 0 unspecified atom stereocenters. The molecular weight excluding hydrogens is 386 g/mol. The van der Waals surface area contributed by atoms with Crippen LogP contribution < -0.4 is 24.3 Å². The Morgan fingerprint density at radius 3 is 1.80 bits per heavy atom. The first kappa shape index (κ1) is 23.3. The average Bonchev–Trinajstić information content (AvgIpc) is 2.79. The molecule has 0 aliphatic heterocycles. The molecule has 0 bridgehead atoms. The second kappa shape index (κ2) is 12.6. The Hall–Kier alpha value is -2.93. The van der Waals surface area contributed by atoms with Gasteiger partial charge in [0.25, 0.3) is 0 Å². The van der Waals surface area contributed by atoms with Gasteiger partial charge in [-0.25, -0.2) is 4.79 Å². The SMILES string of the molecule is COc1cc(CNCCCCCOC(=O)c2cc(OC)cc(OC)c2)cc(OC)c1. The van der Waals surface area contributed by atoms with E-state index in [0.29, 0.717) is 23.7 Å². The molecule has 2 aromatic carbocycles. The Labute approximate surface area is 178 Å². The fraction of sp³-hybridized carbons (Fsp3) is 0.435. The van der Waals surface area contributed by atoms with Crippen LogP contribution in [0, 0.1) is 0 Å². The average molecular weight is 418 g/mol. The van der Waals surface area contributed by atoms with Gasteiger partial charge in [0.15, 0.2) is 0 Å². The van der Waals surface area contributed by atoms with Gasteiger partial charge in [-0.2, -0.15) is 0 Å². The molecule has 0 saturated carbocycles. The van der Waals surface area contributed by atoms with Crippen molar-refractivity contribution in [2.24, 2.45) is 0 Å². The number of nitrogens with one attached hydrogen (secondary N) is 1. The van der Waals surface area contributed by atoms with Crippen molar-refractivity contribution >= 4 is 5.97 Å². The molecule has 0 saturated heterocycles. The minimum absolute atomic E-state index is 0.378. The van der Waals surface area contributed by atoms with Gasteiger partial charge in [-0.05, 0) is 55.6 Å². The largest absolute Gasteiger partial charge is 0.497 e. The molecule has 7 nitrogen and oxygen atoms in total. The number of carbonyl (C=O) groups is 1. The molecular formula is C23H31NO6. The van der Waals surface area contributed by atoms with Gasteiger partial charge in [-0.15, -0.1) is 0 Å². The van der Waals surface area contributed by atoms with Gasteiger partial charge in [-0.1, -0.05) is 0 Å². The maximum atomic E-state index is 12.2. The van der Waals surface area contributed by atoms with E-state index < -0.39 is 0 Å². The summed E-state index contributed by atoms with van der Waals surface area (Å²) in [5.74, 6) is 2.29. The molecule has 0 aromatic heterocycles. The van der Waals surface area contributed by atoms with Crippen molar-refractivity contribution < 1.29 is 28.5 Å². The predicted molar refractivity (Wildman–Crippen MR) is 115 cm³/mol. The monoisotopic (exact) mass is 417 g/mol. The third-order valence-electron chi connectivity index (χ3n) is 4.56. The highest BCUT2D eigenvalue weighted by molar-refractivity contribution is 5.90. The van der Waals surface area contributed by atoms with E-state index in [1.807, 2.05) is 18.2 Å². The van der Waals surface area contributed by atoms with Gasteiger partial charge in [0, 0.05) is 18.7 Å². The van der Waals surface area contributed by atoms with E-state index in [1.54, 1.807) is 46.6 Å². The zero-order valence-corrected chi connectivity index (χ0v) is 18.2. The van der Waals surface area contributed by atoms with Gasteiger partial charge < -0.3 is 29.0 Å². The summed E-state index contributed by atoms with van der Waals surface area (Å²) in [6.07, 6.45) is 2.76. The standard InChI is InChI=1S/C23H31NO6/c1-26-19-10-17(11-20(14-19)27-2)16-24-8-6-5-7-9-30-23(25)18-12-21(28-3)15-22(13-18)29-4/h10-15,24H,5-9,16H2,1-4H3. The maximum absolute atomic E-state index is 12.2. The van der Waals surface area contributed by atoms with Crippen molar-refractivity contribution in [1.82, 2.24) is 5.32 Å². The molecule has 7 heteroatoms. The summed E-state index contributed by atoms with van der Waals surface area (Å²) in [4.78, 5) is 12.2. The molecule has 2 rings (SSSR count). The van der Waals surface area contributed by atoms with Crippen LogP contribution in [0.2, 0.25) is 0 Å². The zero-order chi connectivity index (χ0) is 21.8. The highest BCUT2D eigenvalue weighted by atomic mass is 16.5. The lowest BCUT2D eigenvalue weighted by Crippen LogP contribution is -2.15. The van der Waals surface area contributed by atoms with Gasteiger partial charge in [0.05, 0.1) is 40.6 Å². The second-order valence-electron chi connectivity index (χ2n) is 6.70. The van der Waals surface area contributed by atoms with Crippen molar-refractivity contribution in [3.05, 3.63) is 47.5 Å². The van der Waals surface area contributed by atoms with Gasteiger partial charge in [0.1, 0.15) is 23.0 Å². The molecule has 0 heterocycles. The van der Waals surface area contributed by atoms with Crippen LogP contribution in [0.4, 0.5) is 0 Å². The second-order valence-corrected chi connectivity index (χ2v) is 6.70. The smallest absolute Gasteiger partial charge is 0.338 e. The molecule has 2 aromatic rings. The number of rotatable bonds is 13. The number of hydrogen-bond acceptors (Lipinski definition) is 7. The Balaban J connectivity index is 1.64. The zero-order valence-electron chi connectivity index (χ0n) is 18.2. The maximum Gasteiger partial charge on any atom is 0.338 e. The van der Waals surface area contributed by atoms with E-state index in [2.05, 4.69) is 5.32 Å². The van der Waals surface area contributed by atoms with E-state index in [4.69, 9.17) is 23.7 Å². The molecule has 1 N–H and O–H groups in total. The summed E-state index contributed by atoms with van der Waals surface area (Å²) < 4.78 is 26.3. The van der Waals surface area contributed by atoms with Crippen LogP contribution in [0.3, 0.4) is 0 Å². The highest BCUT2D eigenvalue weighted by Gasteiger charge is 2.11. The first-order valence-electron chi connectivity index (χ1n) is 9.92. The molecule has 0 aliphatic rings. The van der Waals surface area contributed by atoms with Crippen molar-refractivity contribution in [3.8, 4) is 23.0 Å². The van der Waals surface area contributed by atoms with Crippen molar-refractivity contribution in [2.45, 2.75) is 25.8 Å². The van der Waals surface area contributed by atoms with Gasteiger partial charge >= 0.3 is 5.97 Å². The van der Waals surface area contributed by atoms with E-state index in [-0.39, 0.29) is 5.97 Å². The van der Waals surface area contributed by atoms with Crippen LogP contribution in [0.5, 0.6) is 23.0 Å². The number of esters is 1. The Morgan fingerprint density at radius 2 is 1.27 bits per heavy atom.